The van der Waals surface area contributed by atoms with Crippen molar-refractivity contribution in [3.8, 4) is 5.75 Å². The van der Waals surface area contributed by atoms with Crippen LogP contribution < -0.4 is 19.6 Å². The summed E-state index contributed by atoms with van der Waals surface area (Å²) in [5, 5.41) is 0.187. The number of esters is 1. The monoisotopic (exact) mass is 514 g/mol. The SMILES string of the molecule is CCOC(=O)C1=C(C)N=c2s/c(=C/c3c(F)cccc3Cl)c(=O)n2[C@H]1c1ccccc1OC(C)C. The Morgan fingerprint density at radius 3 is 2.69 bits per heavy atom. The van der Waals surface area contributed by atoms with E-state index in [4.69, 9.17) is 21.1 Å². The van der Waals surface area contributed by atoms with Gasteiger partial charge in [-0.2, -0.15) is 0 Å². The first-order chi connectivity index (χ1) is 16.7. The number of hydrogen-bond acceptors (Lipinski definition) is 6. The van der Waals surface area contributed by atoms with Gasteiger partial charge >= 0.3 is 5.97 Å². The Morgan fingerprint density at radius 2 is 2.00 bits per heavy atom. The molecule has 1 aliphatic heterocycles. The Balaban J connectivity index is 2.02. The molecule has 4 rings (SSSR count). The first-order valence-corrected chi connectivity index (χ1v) is 12.3. The molecule has 2 aromatic carbocycles. The molecule has 0 unspecified atom stereocenters. The Bertz CT molecular complexity index is 1490. The summed E-state index contributed by atoms with van der Waals surface area (Å²) in [4.78, 5) is 31.7. The minimum Gasteiger partial charge on any atom is -0.491 e. The lowest BCUT2D eigenvalue weighted by Crippen LogP contribution is -2.40. The van der Waals surface area contributed by atoms with Gasteiger partial charge in [0.1, 0.15) is 17.6 Å². The molecule has 0 bridgehead atoms. The van der Waals surface area contributed by atoms with E-state index in [1.165, 1.54) is 22.8 Å². The van der Waals surface area contributed by atoms with Gasteiger partial charge in [0.25, 0.3) is 5.56 Å². The summed E-state index contributed by atoms with van der Waals surface area (Å²) in [6.07, 6.45) is 1.28. The van der Waals surface area contributed by atoms with Gasteiger partial charge in [-0.3, -0.25) is 9.36 Å². The van der Waals surface area contributed by atoms with Crippen molar-refractivity contribution < 1.29 is 18.7 Å². The molecule has 3 aromatic rings. The van der Waals surface area contributed by atoms with Crippen molar-refractivity contribution in [1.82, 2.24) is 4.57 Å². The van der Waals surface area contributed by atoms with Gasteiger partial charge in [-0.05, 0) is 52.0 Å². The number of aromatic nitrogens is 1. The molecule has 35 heavy (non-hydrogen) atoms. The molecule has 9 heteroatoms. The van der Waals surface area contributed by atoms with Crippen molar-refractivity contribution in [3.63, 3.8) is 0 Å². The Morgan fingerprint density at radius 1 is 1.26 bits per heavy atom. The van der Waals surface area contributed by atoms with E-state index >= 15 is 0 Å². The van der Waals surface area contributed by atoms with Crippen molar-refractivity contribution in [3.05, 3.63) is 95.4 Å². The van der Waals surface area contributed by atoms with E-state index < -0.39 is 23.4 Å². The number of para-hydroxylation sites is 1. The van der Waals surface area contributed by atoms with Crippen LogP contribution in [-0.4, -0.2) is 23.2 Å². The minimum absolute atomic E-state index is 0.112. The predicted octanol–water partition coefficient (Wildman–Crippen LogP) is 4.38. The van der Waals surface area contributed by atoms with Crippen LogP contribution in [0, 0.1) is 5.82 Å². The normalized spacial score (nSPS) is 15.7. The molecule has 0 radical (unpaired) electrons. The molecule has 0 spiro atoms. The van der Waals surface area contributed by atoms with E-state index in [0.29, 0.717) is 21.8 Å². The largest absolute Gasteiger partial charge is 0.491 e. The zero-order chi connectivity index (χ0) is 25.3. The summed E-state index contributed by atoms with van der Waals surface area (Å²) >= 11 is 7.29. The third-order valence-electron chi connectivity index (χ3n) is 5.37. The Labute approximate surface area is 210 Å². The average Bonchev–Trinajstić information content (AvgIpc) is 3.10. The number of thiazole rings is 1. The molecule has 1 atom stereocenters. The van der Waals surface area contributed by atoms with Crippen molar-refractivity contribution in [2.75, 3.05) is 6.61 Å². The summed E-state index contributed by atoms with van der Waals surface area (Å²) in [6.45, 7) is 7.38. The van der Waals surface area contributed by atoms with Crippen LogP contribution in [0.1, 0.15) is 44.9 Å². The van der Waals surface area contributed by atoms with Crippen LogP contribution in [-0.2, 0) is 9.53 Å². The summed E-state index contributed by atoms with van der Waals surface area (Å²) < 4.78 is 27.5. The van der Waals surface area contributed by atoms with Crippen molar-refractivity contribution in [1.29, 1.82) is 0 Å². The standard InChI is InChI=1S/C26H24ClFN2O4S/c1-5-33-25(32)22-15(4)29-26-30(23(22)16-9-6-7-12-20(16)34-14(2)3)24(31)21(35-26)13-17-18(27)10-8-11-19(17)28/h6-14,23H,5H2,1-4H3/b21-13+/t23-/m0/s1. The predicted molar refractivity (Wildman–Crippen MR) is 134 cm³/mol. The van der Waals surface area contributed by atoms with Gasteiger partial charge in [0, 0.05) is 11.1 Å². The first kappa shape index (κ1) is 24.9. The van der Waals surface area contributed by atoms with E-state index in [-0.39, 0.29) is 33.4 Å². The van der Waals surface area contributed by atoms with Crippen LogP contribution in [0.25, 0.3) is 6.08 Å². The number of ether oxygens (including phenoxy) is 2. The number of hydrogen-bond donors (Lipinski definition) is 0. The third-order valence-corrected chi connectivity index (χ3v) is 6.68. The number of allylic oxidation sites excluding steroid dienone is 1. The second kappa shape index (κ2) is 10.2. The van der Waals surface area contributed by atoms with Gasteiger partial charge in [0.2, 0.25) is 0 Å². The van der Waals surface area contributed by atoms with E-state index in [2.05, 4.69) is 4.99 Å². The molecule has 0 fully saturated rings. The maximum absolute atomic E-state index is 14.5. The molecule has 6 nitrogen and oxygen atoms in total. The Kier molecular flexibility index (Phi) is 7.23. The van der Waals surface area contributed by atoms with Crippen LogP contribution in [0.4, 0.5) is 4.39 Å². The molecule has 0 saturated carbocycles. The quantitative estimate of drug-likeness (QED) is 0.458. The Hall–Kier alpha value is -3.23. The zero-order valence-electron chi connectivity index (χ0n) is 19.7. The smallest absolute Gasteiger partial charge is 0.338 e. The number of carbonyl (C=O) groups excluding carboxylic acids is 1. The molecule has 0 N–H and O–H groups in total. The molecular weight excluding hydrogens is 491 g/mol. The number of benzene rings is 2. The lowest BCUT2D eigenvalue weighted by atomic mass is 9.95. The van der Waals surface area contributed by atoms with Crippen molar-refractivity contribution >= 4 is 35.0 Å². The molecule has 2 heterocycles. The molecule has 182 valence electrons. The highest BCUT2D eigenvalue weighted by atomic mass is 35.5. The van der Waals surface area contributed by atoms with Crippen molar-refractivity contribution in [2.24, 2.45) is 4.99 Å². The van der Waals surface area contributed by atoms with Gasteiger partial charge in [0.15, 0.2) is 4.80 Å². The summed E-state index contributed by atoms with van der Waals surface area (Å²) in [6, 6.07) is 10.7. The third kappa shape index (κ3) is 4.81. The number of nitrogens with zero attached hydrogens (tertiary/aromatic N) is 2. The summed E-state index contributed by atoms with van der Waals surface area (Å²) in [5.41, 5.74) is 0.988. The number of fused-ring (bicyclic) bond motifs is 1. The van der Waals surface area contributed by atoms with Gasteiger partial charge in [0.05, 0.1) is 33.5 Å². The highest BCUT2D eigenvalue weighted by Crippen LogP contribution is 2.36. The van der Waals surface area contributed by atoms with Gasteiger partial charge in [-0.1, -0.05) is 47.2 Å². The van der Waals surface area contributed by atoms with Crippen molar-refractivity contribution in [2.45, 2.75) is 39.8 Å². The summed E-state index contributed by atoms with van der Waals surface area (Å²) in [7, 11) is 0. The highest BCUT2D eigenvalue weighted by Gasteiger charge is 2.35. The fourth-order valence-corrected chi connectivity index (χ4v) is 5.18. The number of rotatable bonds is 6. The average molecular weight is 515 g/mol. The van der Waals surface area contributed by atoms with Crippen LogP contribution in [0.3, 0.4) is 0 Å². The molecule has 1 aromatic heterocycles. The number of carbonyl (C=O) groups is 1. The van der Waals surface area contributed by atoms with Crippen LogP contribution in [0.2, 0.25) is 5.02 Å². The molecule has 1 aliphatic rings. The van der Waals surface area contributed by atoms with Gasteiger partial charge in [-0.15, -0.1) is 0 Å². The molecular formula is C26H24ClFN2O4S. The zero-order valence-corrected chi connectivity index (χ0v) is 21.2. The second-order valence-corrected chi connectivity index (χ2v) is 9.56. The van der Waals surface area contributed by atoms with E-state index in [9.17, 15) is 14.0 Å². The van der Waals surface area contributed by atoms with E-state index in [0.717, 1.165) is 11.3 Å². The highest BCUT2D eigenvalue weighted by molar-refractivity contribution is 7.07. The molecule has 0 amide bonds. The lowest BCUT2D eigenvalue weighted by molar-refractivity contribution is -0.139. The first-order valence-electron chi connectivity index (χ1n) is 11.1. The molecule has 0 aliphatic carbocycles. The number of halogens is 2. The fraction of sp³-hybridized carbons (Fsp3) is 0.269. The topological polar surface area (TPSA) is 69.9 Å². The molecule has 0 saturated heterocycles. The van der Waals surface area contributed by atoms with E-state index in [1.54, 1.807) is 26.0 Å². The van der Waals surface area contributed by atoms with Crippen LogP contribution in [0.5, 0.6) is 5.75 Å². The van der Waals surface area contributed by atoms with Gasteiger partial charge in [-0.25, -0.2) is 14.2 Å². The lowest BCUT2D eigenvalue weighted by Gasteiger charge is -2.26. The van der Waals surface area contributed by atoms with Crippen LogP contribution >= 0.6 is 22.9 Å². The minimum atomic E-state index is -0.835. The maximum Gasteiger partial charge on any atom is 0.338 e. The summed E-state index contributed by atoms with van der Waals surface area (Å²) in [5.74, 6) is -0.570. The fourth-order valence-electron chi connectivity index (χ4n) is 3.93. The maximum atomic E-state index is 14.5. The van der Waals surface area contributed by atoms with E-state index in [1.807, 2.05) is 32.0 Å². The van der Waals surface area contributed by atoms with Crippen LogP contribution in [0.15, 0.2) is 63.5 Å². The second-order valence-electron chi connectivity index (χ2n) is 8.14. The van der Waals surface area contributed by atoms with Gasteiger partial charge < -0.3 is 9.47 Å².